The summed E-state index contributed by atoms with van der Waals surface area (Å²) in [6.45, 7) is -0.571. The molecule has 0 atom stereocenters. The molecule has 0 radical (unpaired) electrons. The maximum atomic E-state index is 13.9. The second-order valence-corrected chi connectivity index (χ2v) is 38.5. The van der Waals surface area contributed by atoms with Gasteiger partial charge in [0, 0.05) is 78.6 Å². The van der Waals surface area contributed by atoms with Crippen LogP contribution in [0.15, 0.2) is 182 Å². The van der Waals surface area contributed by atoms with E-state index in [1.165, 1.54) is 116 Å². The number of carbonyl (C=O) groups excluding carboxylic acids is 12. The van der Waals surface area contributed by atoms with E-state index in [2.05, 4.69) is 42.0 Å². The van der Waals surface area contributed by atoms with Crippen molar-refractivity contribution in [2.75, 3.05) is 121 Å². The Hall–Kier alpha value is -15.8. The van der Waals surface area contributed by atoms with Crippen molar-refractivity contribution in [3.05, 3.63) is 233 Å². The van der Waals surface area contributed by atoms with Gasteiger partial charge in [0.2, 0.25) is 0 Å². The van der Waals surface area contributed by atoms with Gasteiger partial charge in [0.1, 0.15) is 74.1 Å². The number of carboxylic acid groups (broad SMARTS) is 2. The van der Waals surface area contributed by atoms with Crippen molar-refractivity contribution in [2.24, 2.45) is 5.73 Å². The lowest BCUT2D eigenvalue weighted by Gasteiger charge is -2.14. The molecule has 0 fully saturated rings. The highest BCUT2D eigenvalue weighted by molar-refractivity contribution is 7.87. The van der Waals surface area contributed by atoms with Crippen LogP contribution in [0.4, 0.5) is 42.3 Å². The molecule has 0 aliphatic carbocycles. The molecule has 8 aromatic rings. The zero-order valence-corrected chi connectivity index (χ0v) is 82.4. The number of hydrogen-bond acceptors (Lipinski definition) is 37. The van der Waals surface area contributed by atoms with E-state index in [9.17, 15) is 140 Å². The van der Waals surface area contributed by atoms with Gasteiger partial charge in [-0.2, -0.15) is 58.9 Å². The minimum atomic E-state index is -4.28. The third-order valence-corrected chi connectivity index (χ3v) is 21.1. The van der Waals surface area contributed by atoms with Crippen molar-refractivity contribution in [1.82, 2.24) is 47.4 Å². The lowest BCUT2D eigenvalue weighted by Crippen LogP contribution is -2.32. The number of esters is 2. The molecule has 56 nitrogen and oxygen atoms in total. The summed E-state index contributed by atoms with van der Waals surface area (Å²) in [4.78, 5) is 161. The minimum absolute atomic E-state index is 0.0136. The minimum Gasteiger partial charge on any atom is -0.478 e. The van der Waals surface area contributed by atoms with Crippen molar-refractivity contribution >= 4 is 155 Å². The third-order valence-electron chi connectivity index (χ3n) is 16.1. The molecule has 8 aromatic carbocycles. The Morgan fingerprint density at radius 3 is 0.850 bits per heavy atom. The molecular weight excluding hydrogens is 2120 g/mol. The van der Waals surface area contributed by atoms with Gasteiger partial charge in [-0.1, -0.05) is 78.9 Å². The van der Waals surface area contributed by atoms with Crippen LogP contribution in [0.3, 0.4) is 0 Å². The standard InChI is InChI=1S/C16H13F2NO7S.C12H16N2O6S.C12H15NO7S.C11H14N2O6S.C11H13NO7S.C10H12N2O6S.C10H11NO7S/c17-10-2-3-11(13(18)8-10)9-1-4-14(12(7-9)15(20)21)26-16(22)19-5-6-27(23,24)25;1-14(2)11(15)9-5-3-4-6-10(9)20-12(16)13-7-8-21(17,18)19;1-2-19-11(14)9-5-3-4-6-10(9)20-12(15)13-7-8-21(16,17)18;1-12-10(14)8-4-2-3-5-9(8)19-11(15)13-6-7-20(16,17)18;1-18-10(13)8-4-2-3-5-9(8)19-11(14)12-6-7-20(15,16)17;11-9(13)7-3-1-2-4-8(7)18-10(14)12-5-6-19(15,16)17;12-9(13)7-3-1-2-4-8(7)18-10(14)11-5-6-19(15,16)17/h1-4,7-8H,5-6H2,(H,19,22)(H,20,21)(H,23,24,25);3-6H,7-8H2,1-2H3,(H,13,16)(H,17,18,19);3-6H,2,7-8H2,1H3,(H,13,15)(H,16,17,18);2-5H,6-7H2,1H3,(H,12,14)(H,13,15)(H,16,17,18);2-5H,6-7H2,1H3,(H,12,14)(H,15,16,17);1-4H,5-6H2,(H2,11,13)(H,12,14)(H,15,16,17);1-4H,5-6H2,(H,11,14)(H,12,13)(H,15,16,17). The molecule has 0 saturated carbocycles. The normalized spacial score (nSPS) is 10.8. The molecule has 0 aromatic heterocycles. The molecule has 10 amide bonds. The van der Waals surface area contributed by atoms with Crippen molar-refractivity contribution in [3.8, 4) is 51.4 Å². The SMILES string of the molecule is CCOC(=O)c1ccccc1OC(=O)NCCS(=O)(=O)O.CN(C)C(=O)c1ccccc1OC(=O)NCCS(=O)(=O)O.CNC(=O)c1ccccc1OC(=O)NCCS(=O)(=O)O.COC(=O)c1ccccc1OC(=O)NCCS(=O)(=O)O.NC(=O)c1ccccc1OC(=O)NCCS(=O)(=O)O.O=C(NCCS(=O)(=O)O)Oc1ccc(-c2ccc(F)cc2F)cc1C(=O)O.O=C(NCCS(=O)(=O)O)Oc1ccccc1C(=O)O. The van der Waals surface area contributed by atoms with Gasteiger partial charge in [-0.25, -0.2) is 61.5 Å². The number of rotatable bonds is 37. The molecule has 0 unspecified atom stereocenters. The number of para-hydroxylation sites is 6. The molecule has 0 spiro atoms. The van der Waals surface area contributed by atoms with Gasteiger partial charge in [0.05, 0.1) is 70.7 Å². The van der Waals surface area contributed by atoms with Crippen LogP contribution < -0.4 is 81.4 Å². The first-order valence-corrected chi connectivity index (χ1v) is 51.6. The van der Waals surface area contributed by atoms with Crippen LogP contribution in [0.5, 0.6) is 40.2 Å². The predicted molar refractivity (Wildman–Crippen MR) is 505 cm³/mol. The summed E-state index contributed by atoms with van der Waals surface area (Å²) in [6, 6.07) is 41.6. The Morgan fingerprint density at radius 1 is 0.327 bits per heavy atom. The number of halogens is 2. The number of methoxy groups -OCH3 is 1. The van der Waals surface area contributed by atoms with Crippen LogP contribution in [0.25, 0.3) is 11.1 Å². The molecular formula is C82H94F2N10O46S7. The van der Waals surface area contributed by atoms with Gasteiger partial charge < -0.3 is 106 Å². The molecule has 147 heavy (non-hydrogen) atoms. The average Bonchev–Trinajstić information content (AvgIpc) is 0.805. The maximum Gasteiger partial charge on any atom is 0.412 e. The highest BCUT2D eigenvalue weighted by Gasteiger charge is 2.25. The van der Waals surface area contributed by atoms with Gasteiger partial charge in [0.25, 0.3) is 88.5 Å². The van der Waals surface area contributed by atoms with Crippen LogP contribution in [0.2, 0.25) is 0 Å². The number of carbonyl (C=O) groups is 14. The number of aromatic carboxylic acids is 2. The highest BCUT2D eigenvalue weighted by Crippen LogP contribution is 2.31. The number of ether oxygens (including phenoxy) is 9. The van der Waals surface area contributed by atoms with E-state index in [0.717, 1.165) is 24.3 Å². The summed E-state index contributed by atoms with van der Waals surface area (Å²) >= 11 is 0. The van der Waals surface area contributed by atoms with Crippen molar-refractivity contribution in [3.63, 3.8) is 0 Å². The van der Waals surface area contributed by atoms with E-state index < -0.39 is 213 Å². The molecule has 804 valence electrons. The molecule has 0 saturated heterocycles. The Labute approximate surface area is 834 Å². The third kappa shape index (κ3) is 55.6. The fourth-order valence-electron chi connectivity index (χ4n) is 9.71. The van der Waals surface area contributed by atoms with Gasteiger partial charge >= 0.3 is 66.5 Å². The van der Waals surface area contributed by atoms with Gasteiger partial charge in [0.15, 0.2) is 0 Å². The monoisotopic (exact) mass is 2220 g/mol. The maximum absolute atomic E-state index is 13.9. The van der Waals surface area contributed by atoms with E-state index >= 15 is 0 Å². The number of nitrogens with zero attached hydrogens (tertiary/aromatic N) is 1. The van der Waals surface area contributed by atoms with E-state index in [-0.39, 0.29) is 137 Å². The summed E-state index contributed by atoms with van der Waals surface area (Å²) in [7, 11) is -23.5. The first-order chi connectivity index (χ1) is 68.4. The van der Waals surface area contributed by atoms with E-state index in [0.29, 0.717) is 6.07 Å². The zero-order chi connectivity index (χ0) is 111. The lowest BCUT2D eigenvalue weighted by molar-refractivity contribution is 0.0520. The van der Waals surface area contributed by atoms with Crippen molar-refractivity contribution < 1.29 is 220 Å². The largest absolute Gasteiger partial charge is 0.478 e. The van der Waals surface area contributed by atoms with Crippen LogP contribution in [0.1, 0.15) is 79.4 Å². The van der Waals surface area contributed by atoms with Crippen LogP contribution >= 0.6 is 0 Å². The summed E-state index contributed by atoms with van der Waals surface area (Å²) in [5.41, 5.74) is 4.99. The Bertz CT molecular complexity index is 6640. The summed E-state index contributed by atoms with van der Waals surface area (Å²) in [6.07, 6.45) is -6.88. The molecule has 0 bridgehead atoms. The predicted octanol–water partition coefficient (Wildman–Crippen LogP) is 4.10. The smallest absolute Gasteiger partial charge is 0.412 e. The topological polar surface area (TPSA) is 869 Å². The number of carboxylic acids is 2. The Balaban J connectivity index is 0.000000581. The van der Waals surface area contributed by atoms with E-state index in [1.807, 2.05) is 5.32 Å². The van der Waals surface area contributed by atoms with Gasteiger partial charge in [-0.05, 0) is 110 Å². The second-order valence-electron chi connectivity index (χ2n) is 27.5. The van der Waals surface area contributed by atoms with Crippen molar-refractivity contribution in [2.45, 2.75) is 6.92 Å². The number of nitrogens with one attached hydrogen (secondary N) is 8. The first-order valence-electron chi connectivity index (χ1n) is 40.3. The molecule has 0 heterocycles. The van der Waals surface area contributed by atoms with Gasteiger partial charge in [-0.3, -0.25) is 46.3 Å². The Morgan fingerprint density at radius 2 is 0.578 bits per heavy atom. The molecule has 19 N–H and O–H groups in total. The highest BCUT2D eigenvalue weighted by atomic mass is 32.2. The fraction of sp³-hybridized carbons (Fsp3) is 0.244. The van der Waals surface area contributed by atoms with E-state index in [4.69, 9.17) is 80.6 Å². The Kier molecular flexibility index (Phi) is 53.7. The zero-order valence-electron chi connectivity index (χ0n) is 76.7. The fourth-order valence-corrected chi connectivity index (χ4v) is 12.2. The first kappa shape index (κ1) is 127. The number of primary amides is 1. The van der Waals surface area contributed by atoms with Crippen LogP contribution in [-0.4, -0.2) is 311 Å². The lowest BCUT2D eigenvalue weighted by atomic mass is 10.0. The molecule has 0 aliphatic heterocycles. The van der Waals surface area contributed by atoms with Crippen molar-refractivity contribution in [1.29, 1.82) is 0 Å². The summed E-state index contributed by atoms with van der Waals surface area (Å²) < 4.78 is 276. The van der Waals surface area contributed by atoms with Crippen LogP contribution in [-0.2, 0) is 80.3 Å². The quantitative estimate of drug-likeness (QED) is 0.0192. The number of amides is 10. The average molecular weight is 2220 g/mol. The second kappa shape index (κ2) is 62.0. The number of benzene rings is 8. The van der Waals surface area contributed by atoms with Gasteiger partial charge in [-0.15, -0.1) is 0 Å². The summed E-state index contributed by atoms with van der Waals surface area (Å²) in [5, 5.41) is 35.2. The molecule has 8 rings (SSSR count). The molecule has 65 heteroatoms. The number of hydrogen-bond donors (Lipinski definition) is 18. The number of nitrogens with two attached hydrogens (primary N) is 1. The summed E-state index contributed by atoms with van der Waals surface area (Å²) in [5.74, 6) is -12.4. The van der Waals surface area contributed by atoms with Crippen LogP contribution in [0, 0.1) is 11.6 Å². The molecule has 0 aliphatic rings. The van der Waals surface area contributed by atoms with E-state index in [1.54, 1.807) is 75.6 Å².